The summed E-state index contributed by atoms with van der Waals surface area (Å²) < 4.78 is 29.8. The molecule has 0 aliphatic carbocycles. The molecular weight excluding hydrogens is 230 g/mol. The number of ether oxygens (including phenoxy) is 1. The number of nitrogens with one attached hydrogen (secondary N) is 1. The first-order valence-electron chi connectivity index (χ1n) is 4.82. The van der Waals surface area contributed by atoms with Crippen molar-refractivity contribution >= 4 is 21.7 Å². The number of cyclic esters (lactones) is 1. The van der Waals surface area contributed by atoms with Crippen LogP contribution < -0.4 is 4.72 Å². The molecule has 16 heavy (non-hydrogen) atoms. The molecule has 0 saturated carbocycles. The molecule has 0 spiro atoms. The van der Waals surface area contributed by atoms with Crippen molar-refractivity contribution in [2.75, 3.05) is 10.5 Å². The molecule has 1 aliphatic heterocycles. The Labute approximate surface area is 93.5 Å². The highest BCUT2D eigenvalue weighted by atomic mass is 32.2. The summed E-state index contributed by atoms with van der Waals surface area (Å²) in [5, 5.41) is 0. The fourth-order valence-corrected chi connectivity index (χ4v) is 2.06. The quantitative estimate of drug-likeness (QED) is 0.805. The highest BCUT2D eigenvalue weighted by Crippen LogP contribution is 2.23. The lowest BCUT2D eigenvalue weighted by atomic mass is 10.1. The summed E-state index contributed by atoms with van der Waals surface area (Å²) in [6.45, 7) is 1.80. The monoisotopic (exact) mass is 241 g/mol. The van der Waals surface area contributed by atoms with Crippen LogP contribution in [-0.4, -0.2) is 20.1 Å². The van der Waals surface area contributed by atoms with Crippen LogP contribution in [0.15, 0.2) is 18.2 Å². The van der Waals surface area contributed by atoms with Gasteiger partial charge in [0.25, 0.3) is 0 Å². The molecule has 0 amide bonds. The molecule has 0 atom stereocenters. The molecule has 1 aliphatic rings. The zero-order valence-corrected chi connectivity index (χ0v) is 9.50. The number of benzene rings is 1. The van der Waals surface area contributed by atoms with Crippen LogP contribution in [0.4, 0.5) is 5.69 Å². The standard InChI is InChI=1S/C10H11NO4S/c1-2-16(13,14)11-8-4-3-7-6-15-10(12)9(7)5-8/h3-5,11H,2,6H2,1H3. The van der Waals surface area contributed by atoms with E-state index in [9.17, 15) is 13.2 Å². The van der Waals surface area contributed by atoms with Gasteiger partial charge in [-0.05, 0) is 19.1 Å². The Morgan fingerprint density at radius 2 is 2.19 bits per heavy atom. The summed E-state index contributed by atoms with van der Waals surface area (Å²) in [7, 11) is -3.31. The summed E-state index contributed by atoms with van der Waals surface area (Å²) in [6.07, 6.45) is 0. The lowest BCUT2D eigenvalue weighted by Crippen LogP contribution is -2.14. The van der Waals surface area contributed by atoms with E-state index in [1.54, 1.807) is 19.1 Å². The Kier molecular flexibility index (Phi) is 2.59. The van der Waals surface area contributed by atoms with E-state index in [1.165, 1.54) is 6.07 Å². The van der Waals surface area contributed by atoms with E-state index < -0.39 is 16.0 Å². The van der Waals surface area contributed by atoms with Gasteiger partial charge in [0.05, 0.1) is 11.3 Å². The van der Waals surface area contributed by atoms with Crippen LogP contribution in [0, 0.1) is 0 Å². The minimum Gasteiger partial charge on any atom is -0.457 e. The van der Waals surface area contributed by atoms with Gasteiger partial charge < -0.3 is 4.74 Å². The number of anilines is 1. The molecule has 86 valence electrons. The molecule has 0 bridgehead atoms. The third-order valence-corrected chi connectivity index (χ3v) is 3.65. The van der Waals surface area contributed by atoms with E-state index in [0.29, 0.717) is 11.3 Å². The molecule has 0 aromatic heterocycles. The predicted molar refractivity (Wildman–Crippen MR) is 58.6 cm³/mol. The van der Waals surface area contributed by atoms with Gasteiger partial charge in [0.15, 0.2) is 0 Å². The molecule has 0 saturated heterocycles. The van der Waals surface area contributed by atoms with E-state index in [1.807, 2.05) is 0 Å². The van der Waals surface area contributed by atoms with Gasteiger partial charge in [-0.2, -0.15) is 0 Å². The Balaban J connectivity index is 2.32. The fourth-order valence-electron chi connectivity index (χ4n) is 1.43. The molecule has 0 radical (unpaired) electrons. The minimum atomic E-state index is -3.31. The topological polar surface area (TPSA) is 72.5 Å². The number of carbonyl (C=O) groups is 1. The number of carbonyl (C=O) groups excluding carboxylic acids is 1. The third kappa shape index (κ3) is 2.01. The van der Waals surface area contributed by atoms with E-state index >= 15 is 0 Å². The second kappa shape index (κ2) is 3.79. The second-order valence-electron chi connectivity index (χ2n) is 3.45. The first kappa shape index (κ1) is 10.9. The number of esters is 1. The first-order valence-corrected chi connectivity index (χ1v) is 6.47. The van der Waals surface area contributed by atoms with Crippen molar-refractivity contribution in [3.8, 4) is 0 Å². The SMILES string of the molecule is CCS(=O)(=O)Nc1ccc2c(c1)C(=O)OC2. The molecule has 0 unspecified atom stereocenters. The third-order valence-electron chi connectivity index (χ3n) is 2.34. The van der Waals surface area contributed by atoms with E-state index in [4.69, 9.17) is 4.74 Å². The summed E-state index contributed by atoms with van der Waals surface area (Å²) in [5.74, 6) is -0.415. The van der Waals surface area contributed by atoms with Gasteiger partial charge in [0.2, 0.25) is 10.0 Å². The van der Waals surface area contributed by atoms with Crippen LogP contribution in [0.2, 0.25) is 0 Å². The summed E-state index contributed by atoms with van der Waals surface area (Å²) in [5.41, 5.74) is 1.60. The van der Waals surface area contributed by atoms with Gasteiger partial charge in [-0.3, -0.25) is 4.72 Å². The largest absolute Gasteiger partial charge is 0.457 e. The van der Waals surface area contributed by atoms with Crippen LogP contribution in [0.3, 0.4) is 0 Å². The number of rotatable bonds is 3. The van der Waals surface area contributed by atoms with Crippen molar-refractivity contribution in [2.45, 2.75) is 13.5 Å². The Morgan fingerprint density at radius 1 is 1.44 bits per heavy atom. The number of sulfonamides is 1. The molecule has 1 aromatic rings. The Morgan fingerprint density at radius 3 is 2.88 bits per heavy atom. The Hall–Kier alpha value is -1.56. The van der Waals surface area contributed by atoms with E-state index in [-0.39, 0.29) is 12.4 Å². The van der Waals surface area contributed by atoms with Crippen molar-refractivity contribution in [1.29, 1.82) is 0 Å². The first-order chi connectivity index (χ1) is 7.52. The van der Waals surface area contributed by atoms with Crippen LogP contribution in [0.1, 0.15) is 22.8 Å². The van der Waals surface area contributed by atoms with Crippen LogP contribution in [-0.2, 0) is 21.4 Å². The van der Waals surface area contributed by atoms with Crippen molar-refractivity contribution < 1.29 is 17.9 Å². The average molecular weight is 241 g/mol. The molecule has 1 heterocycles. The number of hydrogen-bond acceptors (Lipinski definition) is 4. The Bertz CT molecular complexity index is 536. The molecule has 0 fully saturated rings. The fraction of sp³-hybridized carbons (Fsp3) is 0.300. The average Bonchev–Trinajstić information content (AvgIpc) is 2.60. The van der Waals surface area contributed by atoms with Gasteiger partial charge in [0.1, 0.15) is 6.61 Å². The maximum atomic E-state index is 11.3. The van der Waals surface area contributed by atoms with Crippen molar-refractivity contribution in [2.24, 2.45) is 0 Å². The van der Waals surface area contributed by atoms with Gasteiger partial charge in [0, 0.05) is 11.3 Å². The predicted octanol–water partition coefficient (Wildman–Crippen LogP) is 1.12. The highest BCUT2D eigenvalue weighted by molar-refractivity contribution is 7.92. The lowest BCUT2D eigenvalue weighted by molar-refractivity contribution is 0.0535. The number of hydrogen-bond donors (Lipinski definition) is 1. The molecule has 6 heteroatoms. The zero-order valence-electron chi connectivity index (χ0n) is 8.69. The lowest BCUT2D eigenvalue weighted by Gasteiger charge is -2.06. The van der Waals surface area contributed by atoms with Crippen LogP contribution >= 0.6 is 0 Å². The summed E-state index contributed by atoms with van der Waals surface area (Å²) in [6, 6.07) is 4.81. The van der Waals surface area contributed by atoms with Gasteiger partial charge in [-0.25, -0.2) is 13.2 Å². The van der Waals surface area contributed by atoms with Crippen molar-refractivity contribution in [1.82, 2.24) is 0 Å². The summed E-state index contributed by atoms with van der Waals surface area (Å²) in [4.78, 5) is 11.3. The van der Waals surface area contributed by atoms with Crippen LogP contribution in [0.5, 0.6) is 0 Å². The minimum absolute atomic E-state index is 0.00543. The van der Waals surface area contributed by atoms with Crippen molar-refractivity contribution in [3.05, 3.63) is 29.3 Å². The molecule has 5 nitrogen and oxygen atoms in total. The molecule has 1 aromatic carbocycles. The van der Waals surface area contributed by atoms with Gasteiger partial charge in [-0.1, -0.05) is 6.07 Å². The second-order valence-corrected chi connectivity index (χ2v) is 5.46. The number of fused-ring (bicyclic) bond motifs is 1. The van der Waals surface area contributed by atoms with Crippen molar-refractivity contribution in [3.63, 3.8) is 0 Å². The van der Waals surface area contributed by atoms with Crippen LogP contribution in [0.25, 0.3) is 0 Å². The van der Waals surface area contributed by atoms with E-state index in [0.717, 1.165) is 5.56 Å². The summed E-state index contributed by atoms with van der Waals surface area (Å²) >= 11 is 0. The normalized spacial score (nSPS) is 14.4. The maximum Gasteiger partial charge on any atom is 0.338 e. The van der Waals surface area contributed by atoms with E-state index in [2.05, 4.69) is 4.72 Å². The molecule has 1 N–H and O–H groups in total. The molecular formula is C10H11NO4S. The zero-order chi connectivity index (χ0) is 11.8. The highest BCUT2D eigenvalue weighted by Gasteiger charge is 2.21. The molecule has 2 rings (SSSR count). The van der Waals surface area contributed by atoms with Gasteiger partial charge in [-0.15, -0.1) is 0 Å². The van der Waals surface area contributed by atoms with Gasteiger partial charge >= 0.3 is 5.97 Å². The smallest absolute Gasteiger partial charge is 0.338 e. The maximum absolute atomic E-state index is 11.3.